The summed E-state index contributed by atoms with van der Waals surface area (Å²) < 4.78 is 4.96. The average Bonchev–Trinajstić information content (AvgIpc) is 2.02. The smallest absolute Gasteiger partial charge is 0.333 e. The fourth-order valence-electron chi connectivity index (χ4n) is 0.943. The Kier molecular flexibility index (Phi) is 6.59. The Balaban J connectivity index is 3.26. The molecule has 3 heteroatoms. The van der Waals surface area contributed by atoms with Crippen LogP contribution in [0.2, 0.25) is 19.1 Å². The van der Waals surface area contributed by atoms with Crippen molar-refractivity contribution in [1.29, 1.82) is 0 Å². The summed E-state index contributed by atoms with van der Waals surface area (Å²) in [5, 5.41) is 0. The van der Waals surface area contributed by atoms with Crippen LogP contribution in [0.3, 0.4) is 0 Å². The molecular formula is C10H20O2Si. The lowest BCUT2D eigenvalue weighted by molar-refractivity contribution is -0.139. The van der Waals surface area contributed by atoms with Gasteiger partial charge in [-0.1, -0.05) is 32.1 Å². The molecule has 0 aliphatic carbocycles. The molecule has 0 spiro atoms. The molecular weight excluding hydrogens is 180 g/mol. The van der Waals surface area contributed by atoms with E-state index >= 15 is 0 Å². The van der Waals surface area contributed by atoms with Crippen LogP contribution >= 0.6 is 0 Å². The minimum Gasteiger partial charge on any atom is -0.462 e. The van der Waals surface area contributed by atoms with E-state index in [0.29, 0.717) is 12.2 Å². The van der Waals surface area contributed by atoms with Gasteiger partial charge in [0.1, 0.15) is 0 Å². The standard InChI is InChI=1S/C10H20O2Si/c1-9(2)10(11)12-7-5-6-8-13(3)4/h13H,1,5-8H2,2-4H3. The van der Waals surface area contributed by atoms with Crippen LogP contribution in [0.5, 0.6) is 0 Å². The van der Waals surface area contributed by atoms with Gasteiger partial charge in [0, 0.05) is 14.4 Å². The van der Waals surface area contributed by atoms with Gasteiger partial charge in [-0.05, 0) is 13.3 Å². The van der Waals surface area contributed by atoms with E-state index in [2.05, 4.69) is 19.7 Å². The summed E-state index contributed by atoms with van der Waals surface area (Å²) in [4.78, 5) is 10.9. The van der Waals surface area contributed by atoms with E-state index in [1.165, 1.54) is 12.5 Å². The van der Waals surface area contributed by atoms with Gasteiger partial charge in [0.05, 0.1) is 6.61 Å². The third kappa shape index (κ3) is 7.78. The average molecular weight is 200 g/mol. The molecule has 0 fully saturated rings. The third-order valence-corrected chi connectivity index (χ3v) is 3.32. The summed E-state index contributed by atoms with van der Waals surface area (Å²) in [6, 6.07) is 1.34. The quantitative estimate of drug-likeness (QED) is 0.285. The SMILES string of the molecule is C=C(C)C(=O)OCCCC[SiH](C)C. The molecule has 0 N–H and O–H groups in total. The van der Waals surface area contributed by atoms with Crippen molar-refractivity contribution in [2.45, 2.75) is 38.9 Å². The van der Waals surface area contributed by atoms with Crippen molar-refractivity contribution in [3.05, 3.63) is 12.2 Å². The maximum atomic E-state index is 10.9. The highest BCUT2D eigenvalue weighted by Crippen LogP contribution is 2.02. The van der Waals surface area contributed by atoms with Crippen molar-refractivity contribution in [3.8, 4) is 0 Å². The highest BCUT2D eigenvalue weighted by molar-refractivity contribution is 6.55. The molecule has 0 atom stereocenters. The van der Waals surface area contributed by atoms with Crippen LogP contribution in [0.25, 0.3) is 0 Å². The van der Waals surface area contributed by atoms with E-state index in [1.54, 1.807) is 6.92 Å². The Hall–Kier alpha value is -0.573. The first-order valence-electron chi connectivity index (χ1n) is 4.86. The Bertz CT molecular complexity index is 176. The molecule has 0 heterocycles. The monoisotopic (exact) mass is 200 g/mol. The number of hydrogen-bond acceptors (Lipinski definition) is 2. The molecule has 0 saturated carbocycles. The minimum atomic E-state index is -0.416. The van der Waals surface area contributed by atoms with Crippen molar-refractivity contribution in [2.75, 3.05) is 6.61 Å². The van der Waals surface area contributed by atoms with Gasteiger partial charge in [-0.15, -0.1) is 0 Å². The maximum absolute atomic E-state index is 10.9. The Morgan fingerprint density at radius 1 is 1.38 bits per heavy atom. The van der Waals surface area contributed by atoms with Crippen LogP contribution in [-0.2, 0) is 9.53 Å². The fourth-order valence-corrected chi connectivity index (χ4v) is 2.05. The summed E-state index contributed by atoms with van der Waals surface area (Å²) in [7, 11) is -0.416. The van der Waals surface area contributed by atoms with Crippen molar-refractivity contribution in [1.82, 2.24) is 0 Å². The van der Waals surface area contributed by atoms with Gasteiger partial charge in [-0.2, -0.15) is 0 Å². The molecule has 0 radical (unpaired) electrons. The van der Waals surface area contributed by atoms with Gasteiger partial charge >= 0.3 is 5.97 Å². The molecule has 0 unspecified atom stereocenters. The van der Waals surface area contributed by atoms with Crippen molar-refractivity contribution < 1.29 is 9.53 Å². The number of carbonyl (C=O) groups excluding carboxylic acids is 1. The molecule has 0 aromatic carbocycles. The maximum Gasteiger partial charge on any atom is 0.333 e. The first-order chi connectivity index (χ1) is 6.04. The van der Waals surface area contributed by atoms with Crippen LogP contribution < -0.4 is 0 Å². The summed E-state index contributed by atoms with van der Waals surface area (Å²) >= 11 is 0. The molecule has 0 rings (SSSR count). The first-order valence-corrected chi connectivity index (χ1v) is 7.99. The van der Waals surface area contributed by atoms with E-state index in [-0.39, 0.29) is 5.97 Å². The third-order valence-electron chi connectivity index (χ3n) is 1.76. The number of ether oxygens (including phenoxy) is 1. The first kappa shape index (κ1) is 12.4. The highest BCUT2D eigenvalue weighted by atomic mass is 28.3. The second kappa shape index (κ2) is 6.89. The number of hydrogen-bond donors (Lipinski definition) is 0. The van der Waals surface area contributed by atoms with E-state index in [1.807, 2.05) is 0 Å². The minimum absolute atomic E-state index is 0.262. The lowest BCUT2D eigenvalue weighted by Gasteiger charge is -2.04. The molecule has 2 nitrogen and oxygen atoms in total. The second-order valence-electron chi connectivity index (χ2n) is 3.81. The Morgan fingerprint density at radius 3 is 2.46 bits per heavy atom. The van der Waals surface area contributed by atoms with E-state index in [0.717, 1.165) is 6.42 Å². The van der Waals surface area contributed by atoms with Gasteiger partial charge in [-0.3, -0.25) is 0 Å². The van der Waals surface area contributed by atoms with E-state index < -0.39 is 8.80 Å². The van der Waals surface area contributed by atoms with E-state index in [4.69, 9.17) is 4.74 Å². The van der Waals surface area contributed by atoms with Gasteiger partial charge in [0.15, 0.2) is 0 Å². The lowest BCUT2D eigenvalue weighted by Crippen LogP contribution is -2.07. The largest absolute Gasteiger partial charge is 0.462 e. The zero-order chi connectivity index (χ0) is 10.3. The van der Waals surface area contributed by atoms with Gasteiger partial charge in [0.25, 0.3) is 0 Å². The van der Waals surface area contributed by atoms with Crippen LogP contribution in [0.1, 0.15) is 19.8 Å². The summed E-state index contributed by atoms with van der Waals surface area (Å²) in [5.74, 6) is -0.262. The predicted octanol–water partition coefficient (Wildman–Crippen LogP) is 2.37. The lowest BCUT2D eigenvalue weighted by atomic mass is 10.3. The van der Waals surface area contributed by atoms with Crippen LogP contribution in [0.15, 0.2) is 12.2 Å². The molecule has 0 amide bonds. The zero-order valence-electron chi connectivity index (χ0n) is 8.93. The van der Waals surface area contributed by atoms with Gasteiger partial charge in [-0.25, -0.2) is 4.79 Å². The zero-order valence-corrected chi connectivity index (χ0v) is 10.1. The number of carbonyl (C=O) groups is 1. The second-order valence-corrected chi connectivity index (χ2v) is 7.17. The molecule has 0 aliphatic rings. The normalized spacial score (nSPS) is 10.2. The molecule has 13 heavy (non-hydrogen) atoms. The Morgan fingerprint density at radius 2 is 2.00 bits per heavy atom. The van der Waals surface area contributed by atoms with Gasteiger partial charge in [0.2, 0.25) is 0 Å². The predicted molar refractivity (Wildman–Crippen MR) is 58.7 cm³/mol. The fraction of sp³-hybridized carbons (Fsp3) is 0.700. The molecule has 0 aliphatic heterocycles. The Labute approximate surface area is 82.6 Å². The highest BCUT2D eigenvalue weighted by Gasteiger charge is 2.02. The molecule has 0 aromatic heterocycles. The van der Waals surface area contributed by atoms with Crippen molar-refractivity contribution in [2.24, 2.45) is 0 Å². The van der Waals surface area contributed by atoms with E-state index in [9.17, 15) is 4.79 Å². The van der Waals surface area contributed by atoms with Gasteiger partial charge < -0.3 is 4.74 Å². The molecule has 0 bridgehead atoms. The topological polar surface area (TPSA) is 26.3 Å². The van der Waals surface area contributed by atoms with Crippen LogP contribution in [0, 0.1) is 0 Å². The summed E-state index contributed by atoms with van der Waals surface area (Å²) in [5.41, 5.74) is 0.484. The van der Waals surface area contributed by atoms with Crippen molar-refractivity contribution >= 4 is 14.8 Å². The molecule has 76 valence electrons. The summed E-state index contributed by atoms with van der Waals surface area (Å²) in [6.07, 6.45) is 2.18. The van der Waals surface area contributed by atoms with Crippen molar-refractivity contribution in [3.63, 3.8) is 0 Å². The molecule has 0 saturated heterocycles. The number of unbranched alkanes of at least 4 members (excludes halogenated alkanes) is 1. The van der Waals surface area contributed by atoms with Crippen LogP contribution in [0.4, 0.5) is 0 Å². The molecule has 0 aromatic rings. The van der Waals surface area contributed by atoms with Crippen LogP contribution in [-0.4, -0.2) is 21.4 Å². The number of esters is 1. The number of rotatable bonds is 6. The summed E-state index contributed by atoms with van der Waals surface area (Å²) in [6.45, 7) is 10.4.